The summed E-state index contributed by atoms with van der Waals surface area (Å²) in [6.45, 7) is 2.01. The van der Waals surface area contributed by atoms with Gasteiger partial charge < -0.3 is 25.6 Å². The van der Waals surface area contributed by atoms with Crippen molar-refractivity contribution < 1.29 is 29.3 Å². The van der Waals surface area contributed by atoms with Gasteiger partial charge in [0.15, 0.2) is 0 Å². The topological polar surface area (TPSA) is 125 Å². The second-order valence-electron chi connectivity index (χ2n) is 8.36. The Morgan fingerprint density at radius 2 is 1.60 bits per heavy atom. The van der Waals surface area contributed by atoms with Gasteiger partial charge in [0.1, 0.15) is 17.9 Å². The average molecular weight is 475 g/mol. The molecule has 0 heterocycles. The second kappa shape index (κ2) is 10.3. The van der Waals surface area contributed by atoms with Crippen LogP contribution in [-0.2, 0) is 9.53 Å². The van der Waals surface area contributed by atoms with E-state index in [0.717, 1.165) is 22.3 Å². The number of ether oxygens (including phenoxy) is 1. The van der Waals surface area contributed by atoms with Gasteiger partial charge in [-0.2, -0.15) is 0 Å². The molecule has 4 N–H and O–H groups in total. The van der Waals surface area contributed by atoms with Gasteiger partial charge in [0, 0.05) is 24.1 Å². The lowest BCUT2D eigenvalue weighted by atomic mass is 9.98. The van der Waals surface area contributed by atoms with Crippen LogP contribution in [0.15, 0.2) is 66.7 Å². The zero-order chi connectivity index (χ0) is 24.9. The summed E-state index contributed by atoms with van der Waals surface area (Å²) in [7, 11) is 0. The van der Waals surface area contributed by atoms with E-state index < -0.39 is 24.0 Å². The number of carbonyl (C=O) groups excluding carboxylic acids is 2. The molecule has 0 unspecified atom stereocenters. The number of aromatic carboxylic acids is 1. The second-order valence-corrected chi connectivity index (χ2v) is 8.36. The molecule has 0 bridgehead atoms. The van der Waals surface area contributed by atoms with E-state index in [-0.39, 0.29) is 35.9 Å². The summed E-state index contributed by atoms with van der Waals surface area (Å²) < 4.78 is 5.55. The van der Waals surface area contributed by atoms with E-state index in [2.05, 4.69) is 22.8 Å². The highest BCUT2D eigenvalue weighted by molar-refractivity contribution is 5.95. The maximum Gasteiger partial charge on any atom is 0.407 e. The number of alkyl carbamates (subject to hydrolysis) is 1. The number of phenols is 1. The largest absolute Gasteiger partial charge is 0.507 e. The van der Waals surface area contributed by atoms with Crippen molar-refractivity contribution in [2.75, 3.05) is 11.9 Å². The number of carboxylic acid groups (broad SMARTS) is 1. The van der Waals surface area contributed by atoms with Crippen LogP contribution >= 0.6 is 0 Å². The first-order chi connectivity index (χ1) is 16.9. The Kier molecular flexibility index (Phi) is 7.01. The van der Waals surface area contributed by atoms with Gasteiger partial charge in [0.05, 0.1) is 0 Å². The molecule has 2 amide bonds. The first kappa shape index (κ1) is 23.8. The number of nitrogens with one attached hydrogen (secondary N) is 2. The molecule has 35 heavy (non-hydrogen) atoms. The number of aromatic hydroxyl groups is 1. The maximum absolute atomic E-state index is 12.5. The number of carbonyl (C=O) groups is 3. The van der Waals surface area contributed by atoms with E-state index >= 15 is 0 Å². The number of amides is 2. The zero-order valence-corrected chi connectivity index (χ0v) is 19.2. The highest BCUT2D eigenvalue weighted by atomic mass is 16.5. The zero-order valence-electron chi connectivity index (χ0n) is 19.2. The highest BCUT2D eigenvalue weighted by Crippen LogP contribution is 2.44. The molecule has 0 aromatic heterocycles. The molecule has 8 heteroatoms. The Hall–Kier alpha value is -4.33. The normalized spacial score (nSPS) is 12.8. The van der Waals surface area contributed by atoms with Crippen LogP contribution in [0.2, 0.25) is 0 Å². The molecule has 1 aliphatic carbocycles. The van der Waals surface area contributed by atoms with Crippen LogP contribution < -0.4 is 10.6 Å². The third kappa shape index (κ3) is 5.27. The molecule has 0 fully saturated rings. The first-order valence-corrected chi connectivity index (χ1v) is 11.3. The van der Waals surface area contributed by atoms with Crippen LogP contribution in [0.3, 0.4) is 0 Å². The molecule has 0 saturated heterocycles. The van der Waals surface area contributed by atoms with Crippen LogP contribution in [-0.4, -0.2) is 40.8 Å². The summed E-state index contributed by atoms with van der Waals surface area (Å²) in [4.78, 5) is 36.2. The van der Waals surface area contributed by atoms with E-state index in [0.29, 0.717) is 6.42 Å². The average Bonchev–Trinajstić information content (AvgIpc) is 3.17. The third-order valence-corrected chi connectivity index (χ3v) is 6.10. The molecule has 0 saturated carbocycles. The van der Waals surface area contributed by atoms with Crippen LogP contribution in [0.1, 0.15) is 47.2 Å². The number of carboxylic acids is 1. The molecule has 3 aromatic rings. The van der Waals surface area contributed by atoms with Crippen molar-refractivity contribution in [3.05, 3.63) is 83.4 Å². The van der Waals surface area contributed by atoms with E-state index in [9.17, 15) is 19.5 Å². The van der Waals surface area contributed by atoms with Crippen molar-refractivity contribution in [1.29, 1.82) is 0 Å². The van der Waals surface area contributed by atoms with Gasteiger partial charge in [-0.05, 0) is 46.9 Å². The summed E-state index contributed by atoms with van der Waals surface area (Å²) in [5, 5.41) is 24.0. The van der Waals surface area contributed by atoms with Crippen LogP contribution in [0.4, 0.5) is 10.5 Å². The van der Waals surface area contributed by atoms with Gasteiger partial charge >= 0.3 is 12.1 Å². The van der Waals surface area contributed by atoms with Gasteiger partial charge in [-0.25, -0.2) is 9.59 Å². The quantitative estimate of drug-likeness (QED) is 0.350. The molecule has 0 radical (unpaired) electrons. The van der Waals surface area contributed by atoms with Crippen molar-refractivity contribution in [2.45, 2.75) is 31.7 Å². The molecule has 0 aliphatic heterocycles. The lowest BCUT2D eigenvalue weighted by Gasteiger charge is -2.19. The van der Waals surface area contributed by atoms with Crippen molar-refractivity contribution in [3.8, 4) is 16.9 Å². The maximum atomic E-state index is 12.5. The Morgan fingerprint density at radius 3 is 2.20 bits per heavy atom. The molecule has 0 spiro atoms. The number of rotatable bonds is 8. The summed E-state index contributed by atoms with van der Waals surface area (Å²) >= 11 is 0. The monoisotopic (exact) mass is 474 g/mol. The molecule has 8 nitrogen and oxygen atoms in total. The van der Waals surface area contributed by atoms with Crippen LogP contribution in [0, 0.1) is 0 Å². The van der Waals surface area contributed by atoms with Gasteiger partial charge in [0.2, 0.25) is 5.91 Å². The number of benzene rings is 3. The van der Waals surface area contributed by atoms with Gasteiger partial charge in [-0.15, -0.1) is 0 Å². The van der Waals surface area contributed by atoms with Gasteiger partial charge in [-0.3, -0.25) is 4.79 Å². The van der Waals surface area contributed by atoms with Gasteiger partial charge in [0.25, 0.3) is 0 Å². The van der Waals surface area contributed by atoms with Crippen LogP contribution in [0.25, 0.3) is 11.1 Å². The minimum absolute atomic E-state index is 0.0238. The lowest BCUT2D eigenvalue weighted by molar-refractivity contribution is -0.116. The summed E-state index contributed by atoms with van der Waals surface area (Å²) in [5.74, 6) is -2.16. The highest BCUT2D eigenvalue weighted by Gasteiger charge is 2.29. The SMILES string of the molecule is CC[C@H](CC(=O)Nc1ccc(O)c(C(=O)O)c1)NC(=O)OCC1c2ccccc2-c2ccccc21. The molecular weight excluding hydrogens is 448 g/mol. The minimum Gasteiger partial charge on any atom is -0.507 e. The van der Waals surface area contributed by atoms with E-state index in [1.165, 1.54) is 18.2 Å². The summed E-state index contributed by atoms with van der Waals surface area (Å²) in [6.07, 6.45) is -0.137. The smallest absolute Gasteiger partial charge is 0.407 e. The predicted molar refractivity (Wildman–Crippen MR) is 131 cm³/mol. The molecule has 1 aliphatic rings. The summed E-state index contributed by atoms with van der Waals surface area (Å²) in [6, 6.07) is 19.4. The fourth-order valence-corrected chi connectivity index (χ4v) is 4.33. The van der Waals surface area contributed by atoms with E-state index in [4.69, 9.17) is 9.84 Å². The first-order valence-electron chi connectivity index (χ1n) is 11.3. The Labute approximate surface area is 202 Å². The van der Waals surface area contributed by atoms with Crippen molar-refractivity contribution in [3.63, 3.8) is 0 Å². The Bertz CT molecular complexity index is 1230. The molecular formula is C27H26N2O6. The number of hydrogen-bond donors (Lipinski definition) is 4. The van der Waals surface area contributed by atoms with Crippen molar-refractivity contribution in [1.82, 2.24) is 5.32 Å². The number of anilines is 1. The minimum atomic E-state index is -1.30. The van der Waals surface area contributed by atoms with Crippen molar-refractivity contribution in [2.24, 2.45) is 0 Å². The van der Waals surface area contributed by atoms with E-state index in [1.54, 1.807) is 0 Å². The van der Waals surface area contributed by atoms with Gasteiger partial charge in [-0.1, -0.05) is 55.5 Å². The number of fused-ring (bicyclic) bond motifs is 3. The van der Waals surface area contributed by atoms with E-state index in [1.807, 2.05) is 43.3 Å². The number of hydrogen-bond acceptors (Lipinski definition) is 5. The Balaban J connectivity index is 1.34. The van der Waals surface area contributed by atoms with Crippen LogP contribution in [0.5, 0.6) is 5.75 Å². The lowest BCUT2D eigenvalue weighted by Crippen LogP contribution is -2.38. The fraction of sp³-hybridized carbons (Fsp3) is 0.222. The standard InChI is InChI=1S/C27H26N2O6/c1-2-16(14-25(31)28-17-11-12-24(30)22(13-17)26(32)33)29-27(34)35-15-23-20-9-5-3-7-18(20)19-8-4-6-10-21(19)23/h3-13,16,23,30H,2,14-15H2,1H3,(H,28,31)(H,29,34)(H,32,33)/t16-/m1/s1. The van der Waals surface area contributed by atoms with Crippen molar-refractivity contribution >= 4 is 23.7 Å². The molecule has 1 atom stereocenters. The Morgan fingerprint density at radius 1 is 0.971 bits per heavy atom. The molecule has 3 aromatic carbocycles. The predicted octanol–water partition coefficient (Wildman–Crippen LogP) is 4.74. The fourth-order valence-electron chi connectivity index (χ4n) is 4.33. The molecule has 4 rings (SSSR count). The third-order valence-electron chi connectivity index (χ3n) is 6.10. The summed E-state index contributed by atoms with van der Waals surface area (Å²) in [5.41, 5.74) is 4.43. The molecule has 180 valence electrons.